The van der Waals surface area contributed by atoms with Crippen molar-refractivity contribution in [1.82, 2.24) is 42.8 Å². The molecule has 0 aliphatic carbocycles. The lowest BCUT2D eigenvalue weighted by Gasteiger charge is -2.14. The van der Waals surface area contributed by atoms with Crippen molar-refractivity contribution in [2.45, 2.75) is 0 Å². The maximum atomic E-state index is 5.43. The highest BCUT2D eigenvalue weighted by Gasteiger charge is 2.26. The van der Waals surface area contributed by atoms with Crippen LogP contribution in [0.2, 0.25) is 0 Å². The van der Waals surface area contributed by atoms with Crippen molar-refractivity contribution in [3.8, 4) is 73.7 Å². The monoisotopic (exact) mass is 1800 g/mol. The Balaban J connectivity index is 0.000000132. The number of aromatic nitrogens is 9. The van der Waals surface area contributed by atoms with Crippen LogP contribution >= 0.6 is 11.3 Å². The van der Waals surface area contributed by atoms with Crippen molar-refractivity contribution in [2.75, 3.05) is 0 Å². The van der Waals surface area contributed by atoms with Gasteiger partial charge in [-0.15, -0.1) is 11.3 Å². The van der Waals surface area contributed by atoms with E-state index in [-0.39, 0.29) is 0 Å². The van der Waals surface area contributed by atoms with Crippen molar-refractivity contribution in [3.63, 3.8) is 0 Å². The van der Waals surface area contributed by atoms with Gasteiger partial charge in [-0.1, -0.05) is 297 Å². The van der Waals surface area contributed by atoms with E-state index in [0.717, 1.165) is 105 Å². The Bertz CT molecular complexity index is 10800. The van der Waals surface area contributed by atoms with Gasteiger partial charge in [0.25, 0.3) is 0 Å². The smallest absolute Gasteiger partial charge is 0.160 e. The maximum Gasteiger partial charge on any atom is 0.160 e. The number of hydrogen-bond acceptors (Lipinski definition) is 5. The molecule has 0 fully saturated rings. The van der Waals surface area contributed by atoms with E-state index in [1.165, 1.54) is 178 Å². The second kappa shape index (κ2) is 30.5. The highest BCUT2D eigenvalue weighted by molar-refractivity contribution is 7.26. The zero-order valence-corrected chi connectivity index (χ0v) is 76.2. The average molecular weight is 1800 g/mol. The Labute approximate surface area is 804 Å². The maximum absolute atomic E-state index is 5.43. The van der Waals surface area contributed by atoms with Gasteiger partial charge in [0.05, 0.1) is 89.0 Å². The Morgan fingerprint density at radius 3 is 1.08 bits per heavy atom. The van der Waals surface area contributed by atoms with Crippen LogP contribution in [0.3, 0.4) is 0 Å². The molecule has 0 radical (unpaired) electrons. The lowest BCUT2D eigenvalue weighted by molar-refractivity contribution is 1.18. The van der Waals surface area contributed by atoms with Gasteiger partial charge in [0, 0.05) is 135 Å². The standard InChI is InChI=1S/C68H41N5.C62H36N4S/c1-2-18-49(19-3-1)71-60-25-11-7-20-51(60)56-38-46(32-34-64(56)71)67-54-23-6-10-24-59(54)69-68(70-67)47-30-29-42-31-33-50(36-48(42)35-47)72-61-26-12-8-22-53(61)58-41-55-45(40-65(58)72)17-14-28-63(55)73-62-27-13-9-21-52(62)57-37-43-15-4-5-16-44(43)39-66(57)73;1-2-14-38-34-58-51(33-37(38)13-1)44-16-5-9-24-55(44)66(58)56-25-11-15-41-35-57-52(36-50(41)56)45-17-4-8-23-54(45)65(57)43-30-29-39-31-42(28-27-40(39)32-43)62-63-53-22-7-3-19-48(53)60(64-62)49-21-12-20-47-46-18-6-10-26-59(46)67-61(47)49/h1-41H;1-36H. The van der Waals surface area contributed by atoms with Crippen molar-refractivity contribution in [1.29, 1.82) is 0 Å². The first-order valence-electron chi connectivity index (χ1n) is 47.8. The molecular weight excluding hydrogens is 1720 g/mol. The number of rotatable bonds is 9. The van der Waals surface area contributed by atoms with Crippen LogP contribution in [0.15, 0.2) is 467 Å². The lowest BCUT2D eigenvalue weighted by atomic mass is 10.0. The summed E-state index contributed by atoms with van der Waals surface area (Å²) in [7, 11) is 0. The molecule has 648 valence electrons. The predicted molar refractivity (Wildman–Crippen MR) is 590 cm³/mol. The Morgan fingerprint density at radius 2 is 0.521 bits per heavy atom. The fourth-order valence-corrected chi connectivity index (χ4v) is 24.2. The SMILES string of the molecule is c1ccc(-n2c3ccccc3c3cc(-c4nc(-c5ccc6ccc(-n7c8ccccc8c8cc9c(-n%10c%11ccccc%11c%11cc%12ccccc%12cc%11%10)cccc9cc87)cc6c5)nc5ccccc45)ccc32)cc1.c1ccc2cc3c(cc2c1)c1ccccc1n3-c1cccc2cc3c(cc12)c1ccccc1n3-c1ccc2cc(-c3nc(-c4cccc5c4sc4ccccc45)c4ccccc4n3)ccc2c1. The summed E-state index contributed by atoms with van der Waals surface area (Å²) in [6, 6.07) is 170. The molecule has 31 aromatic rings. The third kappa shape index (κ3) is 12.0. The summed E-state index contributed by atoms with van der Waals surface area (Å²) in [6.45, 7) is 0. The highest BCUT2D eigenvalue weighted by atomic mass is 32.1. The molecule has 0 bridgehead atoms. The zero-order chi connectivity index (χ0) is 91.5. The second-order valence-corrected chi connectivity index (χ2v) is 38.1. The van der Waals surface area contributed by atoms with E-state index < -0.39 is 0 Å². The van der Waals surface area contributed by atoms with Crippen LogP contribution in [-0.2, 0) is 0 Å². The van der Waals surface area contributed by atoms with Crippen LogP contribution in [0, 0.1) is 0 Å². The quantitative estimate of drug-likeness (QED) is 0.144. The Hall–Kier alpha value is -18.5. The minimum Gasteiger partial charge on any atom is -0.309 e. The third-order valence-corrected chi connectivity index (χ3v) is 30.6. The fraction of sp³-hybridized carbons (Fsp3) is 0. The number of nitrogens with zero attached hydrogens (tertiary/aromatic N) is 9. The van der Waals surface area contributed by atoms with Crippen LogP contribution in [0.4, 0.5) is 0 Å². The Morgan fingerprint density at radius 1 is 0.164 bits per heavy atom. The summed E-state index contributed by atoms with van der Waals surface area (Å²) in [5.41, 5.74) is 25.5. The molecule has 0 N–H and O–H groups in total. The molecule has 0 saturated carbocycles. The van der Waals surface area contributed by atoms with Crippen molar-refractivity contribution in [3.05, 3.63) is 467 Å². The summed E-state index contributed by atoms with van der Waals surface area (Å²) in [6.07, 6.45) is 0. The van der Waals surface area contributed by atoms with E-state index in [1.807, 2.05) is 11.3 Å². The van der Waals surface area contributed by atoms with Crippen LogP contribution < -0.4 is 0 Å². The highest BCUT2D eigenvalue weighted by Crippen LogP contribution is 2.48. The molecule has 0 unspecified atom stereocenters. The van der Waals surface area contributed by atoms with Crippen molar-refractivity contribution >= 4 is 227 Å². The summed E-state index contributed by atoms with van der Waals surface area (Å²) in [4.78, 5) is 21.2. The molecule has 0 amide bonds. The van der Waals surface area contributed by atoms with E-state index in [0.29, 0.717) is 5.82 Å². The van der Waals surface area contributed by atoms with Gasteiger partial charge in [0.2, 0.25) is 0 Å². The lowest BCUT2D eigenvalue weighted by Crippen LogP contribution is -1.97. The molecule has 31 rings (SSSR count). The van der Waals surface area contributed by atoms with E-state index in [4.69, 9.17) is 19.9 Å². The van der Waals surface area contributed by atoms with Gasteiger partial charge in [-0.25, -0.2) is 19.9 Å². The topological polar surface area (TPSA) is 76.2 Å². The molecule has 0 aliphatic rings. The van der Waals surface area contributed by atoms with Gasteiger partial charge in [-0.3, -0.25) is 0 Å². The average Bonchev–Trinajstić information content (AvgIpc) is 1.56. The van der Waals surface area contributed by atoms with Gasteiger partial charge in [-0.05, 0) is 224 Å². The number of para-hydroxylation sites is 8. The molecule has 0 atom stereocenters. The number of hydrogen-bond donors (Lipinski definition) is 0. The van der Waals surface area contributed by atoms with E-state index in [2.05, 4.69) is 490 Å². The van der Waals surface area contributed by atoms with Crippen LogP contribution in [0.1, 0.15) is 0 Å². The molecular formula is C130H77N9S. The number of benzene rings is 23. The van der Waals surface area contributed by atoms with Gasteiger partial charge in [-0.2, -0.15) is 0 Å². The summed E-state index contributed by atoms with van der Waals surface area (Å²) >= 11 is 1.83. The summed E-state index contributed by atoms with van der Waals surface area (Å²) in [5.74, 6) is 1.42. The molecule has 8 aromatic heterocycles. The molecule has 140 heavy (non-hydrogen) atoms. The number of fused-ring (bicyclic) bond motifs is 26. The molecule has 8 heterocycles. The first kappa shape index (κ1) is 77.9. The molecule has 10 heteroatoms. The third-order valence-electron chi connectivity index (χ3n) is 29.4. The van der Waals surface area contributed by atoms with Crippen molar-refractivity contribution < 1.29 is 0 Å². The van der Waals surface area contributed by atoms with Crippen LogP contribution in [0.5, 0.6) is 0 Å². The normalized spacial score (nSPS) is 12.1. The first-order chi connectivity index (χ1) is 69.4. The van der Waals surface area contributed by atoms with Gasteiger partial charge >= 0.3 is 0 Å². The van der Waals surface area contributed by atoms with Crippen molar-refractivity contribution in [2.24, 2.45) is 0 Å². The van der Waals surface area contributed by atoms with E-state index >= 15 is 0 Å². The molecule has 23 aromatic carbocycles. The number of thiophene rings is 1. The molecule has 0 spiro atoms. The largest absolute Gasteiger partial charge is 0.309 e. The minimum atomic E-state index is 0.698. The first-order valence-corrected chi connectivity index (χ1v) is 48.6. The van der Waals surface area contributed by atoms with Gasteiger partial charge in [0.1, 0.15) is 0 Å². The van der Waals surface area contributed by atoms with E-state index in [9.17, 15) is 0 Å². The minimum absolute atomic E-state index is 0.698. The second-order valence-electron chi connectivity index (χ2n) is 37.1. The van der Waals surface area contributed by atoms with E-state index in [1.54, 1.807) is 0 Å². The van der Waals surface area contributed by atoms with Crippen LogP contribution in [-0.4, -0.2) is 42.8 Å². The molecule has 9 nitrogen and oxygen atoms in total. The molecule has 0 aliphatic heterocycles. The summed E-state index contributed by atoms with van der Waals surface area (Å²) < 4.78 is 14.7. The predicted octanol–water partition coefficient (Wildman–Crippen LogP) is 34.7. The van der Waals surface area contributed by atoms with Gasteiger partial charge < -0.3 is 22.8 Å². The zero-order valence-electron chi connectivity index (χ0n) is 75.4. The fourth-order valence-electron chi connectivity index (χ4n) is 23.0. The Kier molecular flexibility index (Phi) is 17.0. The summed E-state index contributed by atoms with van der Waals surface area (Å²) in [5, 5.41) is 31.3. The molecule has 0 saturated heterocycles. The van der Waals surface area contributed by atoms with Gasteiger partial charge in [0.15, 0.2) is 11.6 Å². The van der Waals surface area contributed by atoms with Crippen LogP contribution in [0.25, 0.3) is 289 Å².